The van der Waals surface area contributed by atoms with Gasteiger partial charge in [0.25, 0.3) is 0 Å². The Kier molecular flexibility index (Phi) is 23.1. The molecule has 0 radical (unpaired) electrons. The van der Waals surface area contributed by atoms with Gasteiger partial charge in [-0.1, -0.05) is 153 Å². The van der Waals surface area contributed by atoms with Gasteiger partial charge in [0.15, 0.2) is 16.9 Å². The Labute approximate surface area is 658 Å². The van der Waals surface area contributed by atoms with Gasteiger partial charge >= 0.3 is 22.2 Å². The zero-order valence-corrected chi connectivity index (χ0v) is 63.0. The van der Waals surface area contributed by atoms with Crippen molar-refractivity contribution < 1.29 is 52.1 Å². The van der Waals surface area contributed by atoms with Gasteiger partial charge in [0.1, 0.15) is 75.1 Å². The average molecular weight is 1570 g/mol. The van der Waals surface area contributed by atoms with E-state index in [-0.39, 0.29) is 73.1 Å². The highest BCUT2D eigenvalue weighted by Crippen LogP contribution is 2.40. The van der Waals surface area contributed by atoms with E-state index in [1.165, 1.54) is 0 Å². The minimum atomic E-state index is -4.15. The third-order valence-corrected chi connectivity index (χ3v) is 21.3. The molecule has 3 fully saturated rings. The van der Waals surface area contributed by atoms with Crippen molar-refractivity contribution in [3.05, 3.63) is 254 Å². The number of esters is 2. The highest BCUT2D eigenvalue weighted by Gasteiger charge is 2.46. The maximum absolute atomic E-state index is 12.9. The van der Waals surface area contributed by atoms with Gasteiger partial charge in [-0.3, -0.25) is 19.1 Å². The number of aromatic nitrogens is 15. The van der Waals surface area contributed by atoms with Crippen LogP contribution in [0, 0.1) is 29.6 Å². The Bertz CT molecular complexity index is 5810. The first kappa shape index (κ1) is 76.9. The lowest BCUT2D eigenvalue weighted by Crippen LogP contribution is -2.36. The second-order valence-electron chi connectivity index (χ2n) is 28.0. The van der Waals surface area contributed by atoms with Gasteiger partial charge in [0.2, 0.25) is 0 Å². The van der Waals surface area contributed by atoms with E-state index in [4.69, 9.17) is 46.4 Å². The summed E-state index contributed by atoms with van der Waals surface area (Å²) < 4.78 is 43.7. The second kappa shape index (κ2) is 34.3. The van der Waals surface area contributed by atoms with Crippen LogP contribution in [-0.4, -0.2) is 177 Å². The number of carbonyl (C=O) groups is 2. The molecule has 30 nitrogen and oxygen atoms in total. The summed E-state index contributed by atoms with van der Waals surface area (Å²) in [5.74, 6) is 0.282. The van der Waals surface area contributed by atoms with Crippen LogP contribution in [0.1, 0.15) is 53.8 Å². The quantitative estimate of drug-likeness (QED) is 0.0245. The zero-order chi connectivity index (χ0) is 79.0. The highest BCUT2D eigenvalue weighted by molar-refractivity contribution is 7.84. The Hall–Kier alpha value is -12.5. The number of halogens is 1. The number of nitrogens with zero attached hydrogens (tertiary/aromatic N) is 15. The van der Waals surface area contributed by atoms with E-state index in [0.29, 0.717) is 98.2 Å². The largest absolute Gasteiger partial charge is 0.456 e. The first-order valence-electron chi connectivity index (χ1n) is 36.8. The normalized spacial score (nSPS) is 21.2. The summed E-state index contributed by atoms with van der Waals surface area (Å²) in [7, 11) is -4.15. The predicted octanol–water partition coefficient (Wildman–Crippen LogP) is 10.3. The fourth-order valence-corrected chi connectivity index (χ4v) is 15.2. The molecule has 3 aliphatic rings. The number of nitrogens with two attached hydrogens (primary N) is 1. The molecule has 0 saturated heterocycles. The highest BCUT2D eigenvalue weighted by atomic mass is 35.5. The molecule has 3 saturated carbocycles. The van der Waals surface area contributed by atoms with Gasteiger partial charge in [0, 0.05) is 84.3 Å². The molecule has 0 amide bonds. The molecule has 17 rings (SSSR count). The van der Waals surface area contributed by atoms with Crippen LogP contribution in [0.2, 0.25) is 5.15 Å². The lowest BCUT2D eigenvalue weighted by molar-refractivity contribution is 0.00776. The average Bonchev–Trinajstić information content (AvgIpc) is 1.63. The Morgan fingerprint density at radius 1 is 0.456 bits per heavy atom. The molecule has 580 valence electrons. The molecule has 9 N–H and O–H groups in total. The van der Waals surface area contributed by atoms with Crippen molar-refractivity contribution in [2.45, 2.75) is 75.7 Å². The summed E-state index contributed by atoms with van der Waals surface area (Å²) in [5, 5.41) is 70.3. The fourth-order valence-electron chi connectivity index (χ4n) is 14.6. The molecule has 12 atom stereocenters. The van der Waals surface area contributed by atoms with E-state index in [1.807, 2.05) is 141 Å². The number of nitrogens with one attached hydrogen (secondary N) is 3. The molecule has 32 heteroatoms. The summed E-state index contributed by atoms with van der Waals surface area (Å²) in [6.45, 7) is 3.69. The third-order valence-electron chi connectivity index (χ3n) is 20.7. The maximum Gasteiger partial charge on any atom is 0.338 e. The number of carbonyl (C=O) groups excluding carboxylic acids is 2. The van der Waals surface area contributed by atoms with Crippen molar-refractivity contribution >= 4 is 68.2 Å². The number of aliphatic hydroxyl groups excluding tert-OH is 4. The van der Waals surface area contributed by atoms with E-state index in [0.717, 1.165) is 28.1 Å². The Morgan fingerprint density at radius 3 is 1.22 bits per heavy atom. The van der Waals surface area contributed by atoms with E-state index >= 15 is 0 Å². The first-order chi connectivity index (χ1) is 55.4. The number of hydrogen-bond donors (Lipinski definition) is 8. The number of fused-ring (bicyclic) bond motifs is 3. The van der Waals surface area contributed by atoms with Crippen molar-refractivity contribution in [3.63, 3.8) is 0 Å². The summed E-state index contributed by atoms with van der Waals surface area (Å²) in [4.78, 5) is 66.4. The van der Waals surface area contributed by atoms with Crippen LogP contribution in [0.5, 0.6) is 0 Å². The van der Waals surface area contributed by atoms with Crippen molar-refractivity contribution in [1.82, 2.24) is 73.7 Å². The van der Waals surface area contributed by atoms with Crippen molar-refractivity contribution in [1.29, 1.82) is 0 Å². The van der Waals surface area contributed by atoms with Gasteiger partial charge in [-0.2, -0.15) is 37.3 Å². The molecule has 0 spiro atoms. The third kappa shape index (κ3) is 17.4. The maximum atomic E-state index is 12.9. The van der Waals surface area contributed by atoms with E-state index in [9.17, 15) is 38.4 Å². The molecular formula is C82H78ClN19O11S. The topological polar surface area (TPSA) is 407 Å². The summed E-state index contributed by atoms with van der Waals surface area (Å²) in [5.41, 5.74) is 11.3. The molecule has 3 aliphatic carbocycles. The zero-order valence-electron chi connectivity index (χ0n) is 61.4. The van der Waals surface area contributed by atoms with Gasteiger partial charge in [0.05, 0.1) is 96.2 Å². The lowest BCUT2D eigenvalue weighted by atomic mass is 9.98. The van der Waals surface area contributed by atoms with Gasteiger partial charge in [-0.25, -0.2) is 44.6 Å². The van der Waals surface area contributed by atoms with Crippen LogP contribution in [-0.2, 0) is 24.0 Å². The molecule has 9 heterocycles. The van der Waals surface area contributed by atoms with Crippen LogP contribution in [0.15, 0.2) is 238 Å². The monoisotopic (exact) mass is 1570 g/mol. The minimum absolute atomic E-state index is 0.00224. The number of anilines is 3. The molecule has 0 bridgehead atoms. The molecule has 0 unspecified atom stereocenters. The summed E-state index contributed by atoms with van der Waals surface area (Å²) in [6, 6.07) is 56.8. The van der Waals surface area contributed by atoms with Gasteiger partial charge < -0.3 is 45.9 Å². The number of rotatable bonds is 21. The lowest BCUT2D eigenvalue weighted by Gasteiger charge is -2.25. The van der Waals surface area contributed by atoms with E-state index < -0.39 is 52.6 Å². The fraction of sp³-hybridized carbons (Fsp3) is 0.244. The standard InChI is InChI=1S/C30H27ClN6O3.C30H28N6O3.C22H23N7O5S/c1-18-21(17-38)12-23(29(18)40-30(39)20-10-6-3-7-11-20)34-28-14-26(31)35-27-13-22(36-37(27)28)25-16-32-15-24(33-25)19-8-4-2-5-9-19;1-19-22(18-37)14-24(29(19)39-30(38)21-10-6-3-7-11-21)34-27-12-13-32-28-15-23(35-36(27)28)26-17-31-16-25(33-26)20-8-4-2-5-9-20;23-35(32,33)34-12-14-8-16(22(31)21(14)30)27-19-6-7-25-20-9-15(28-29(19)20)18-11-24-10-17(26-18)13-4-2-1-3-5-13/h2-11,13-16,18,21,23,29,34,38H,12,17H2,1H3;2-13,15-17,19,22,24,29,34,37H,14,18H2,1H3;1-7,9-11,14,16,21-22,27,30-31H,8,12H2,(H2,23,32,33)/t18-,21-,23-,29-;19-,22-,24-,29-;14-,16-,21-,22+/m111/s1. The Morgan fingerprint density at radius 2 is 0.816 bits per heavy atom. The second-order valence-corrected chi connectivity index (χ2v) is 29.7. The van der Waals surface area contributed by atoms with Crippen LogP contribution >= 0.6 is 11.6 Å². The molecule has 0 aliphatic heterocycles. The van der Waals surface area contributed by atoms with Crippen molar-refractivity contribution in [2.24, 2.45) is 34.7 Å². The van der Waals surface area contributed by atoms with Gasteiger partial charge in [-0.05, 0) is 67.5 Å². The minimum Gasteiger partial charge on any atom is -0.456 e. The number of benzene rings is 5. The molecule has 14 aromatic rings. The van der Waals surface area contributed by atoms with Crippen LogP contribution in [0.4, 0.5) is 17.5 Å². The predicted molar refractivity (Wildman–Crippen MR) is 425 cm³/mol. The number of hydrogen-bond acceptors (Lipinski definition) is 26. The van der Waals surface area contributed by atoms with E-state index in [1.54, 1.807) is 124 Å². The number of aliphatic hydroxyl groups is 4. The van der Waals surface area contributed by atoms with Crippen molar-refractivity contribution in [3.8, 4) is 67.9 Å². The smallest absolute Gasteiger partial charge is 0.338 e. The van der Waals surface area contributed by atoms with Crippen LogP contribution in [0.3, 0.4) is 0 Å². The number of ether oxygens (including phenoxy) is 2. The summed E-state index contributed by atoms with van der Waals surface area (Å²) in [6.07, 6.45) is 11.6. The van der Waals surface area contributed by atoms with Crippen LogP contribution in [0.25, 0.3) is 84.9 Å². The molecular weight excluding hydrogens is 1490 g/mol. The van der Waals surface area contributed by atoms with E-state index in [2.05, 4.69) is 60.1 Å². The Balaban J connectivity index is 0.000000135. The van der Waals surface area contributed by atoms with Gasteiger partial charge in [-0.15, -0.1) is 0 Å². The molecule has 5 aromatic carbocycles. The summed E-state index contributed by atoms with van der Waals surface area (Å²) >= 11 is 6.41. The molecule has 114 heavy (non-hydrogen) atoms. The first-order valence-corrected chi connectivity index (χ1v) is 38.7. The SMILES string of the molecule is C[C@@H]1[C@@H](CO)C[C@@H](Nc2cc(Cl)nc3cc(-c4cncc(-c5ccccc5)n4)nn23)[C@@H]1OC(=O)c1ccccc1.C[C@@H]1[C@@H](CO)C[C@@H](Nc2ccnc3cc(-c4cncc(-c5ccccc5)n4)nn23)[C@@H]1OC(=O)c1ccccc1.NS(=O)(=O)OC[C@H]1C[C@@H](Nc2ccnc3cc(-c4cncc(-c5ccccc5)n4)nn23)[C@H](O)[C@@H]1O. The molecule has 9 aromatic heterocycles. The van der Waals surface area contributed by atoms with Crippen molar-refractivity contribution in [2.75, 3.05) is 35.8 Å². The van der Waals surface area contributed by atoms with Crippen LogP contribution < -0.4 is 21.1 Å².